The summed E-state index contributed by atoms with van der Waals surface area (Å²) in [6.07, 6.45) is 6.42. The summed E-state index contributed by atoms with van der Waals surface area (Å²) in [7, 11) is 1.84. The first-order valence-electron chi connectivity index (χ1n) is 6.49. The van der Waals surface area contributed by atoms with E-state index in [2.05, 4.69) is 4.98 Å². The smallest absolute Gasteiger partial charge is 0.253 e. The van der Waals surface area contributed by atoms with Crippen molar-refractivity contribution in [3.8, 4) is 0 Å². The molecule has 4 heteroatoms. The van der Waals surface area contributed by atoms with E-state index in [1.165, 1.54) is 10.5 Å². The average molecular weight is 286 g/mol. The van der Waals surface area contributed by atoms with E-state index in [-0.39, 0.29) is 5.91 Å². The van der Waals surface area contributed by atoms with Gasteiger partial charge in [-0.1, -0.05) is 0 Å². The normalized spacial score (nSPS) is 10.3. The van der Waals surface area contributed by atoms with Gasteiger partial charge >= 0.3 is 0 Å². The van der Waals surface area contributed by atoms with Gasteiger partial charge in [0.05, 0.1) is 0 Å². The molecule has 104 valence electrons. The van der Waals surface area contributed by atoms with Crippen LogP contribution >= 0.6 is 11.8 Å². The minimum atomic E-state index is 0.0618. The van der Waals surface area contributed by atoms with Gasteiger partial charge < -0.3 is 4.90 Å². The van der Waals surface area contributed by atoms with E-state index >= 15 is 0 Å². The molecule has 20 heavy (non-hydrogen) atoms. The number of rotatable bonds is 5. The summed E-state index contributed by atoms with van der Waals surface area (Å²) in [5.41, 5.74) is 1.93. The second kappa shape index (κ2) is 7.10. The molecule has 2 rings (SSSR count). The molecule has 0 spiro atoms. The Hall–Kier alpha value is -1.81. The lowest BCUT2D eigenvalue weighted by atomic mass is 10.1. The first-order valence-corrected chi connectivity index (χ1v) is 7.71. The van der Waals surface area contributed by atoms with Gasteiger partial charge in [-0.25, -0.2) is 0 Å². The maximum absolute atomic E-state index is 12.3. The average Bonchev–Trinajstić information content (AvgIpc) is 2.53. The maximum Gasteiger partial charge on any atom is 0.253 e. The van der Waals surface area contributed by atoms with Crippen molar-refractivity contribution in [2.45, 2.75) is 11.3 Å². The van der Waals surface area contributed by atoms with Gasteiger partial charge in [-0.3, -0.25) is 9.78 Å². The SMILES string of the molecule is CSc1ccc(C(=O)N(C)CCc2ccncc2)cc1. The van der Waals surface area contributed by atoms with Crippen molar-refractivity contribution in [3.63, 3.8) is 0 Å². The number of carbonyl (C=O) groups excluding carboxylic acids is 1. The number of nitrogens with zero attached hydrogens (tertiary/aromatic N) is 2. The standard InChI is InChI=1S/C16H18N2OS/c1-18(12-9-13-7-10-17-11-8-13)16(19)14-3-5-15(20-2)6-4-14/h3-8,10-11H,9,12H2,1-2H3. The van der Waals surface area contributed by atoms with Crippen molar-refractivity contribution in [2.24, 2.45) is 0 Å². The first kappa shape index (κ1) is 14.6. The van der Waals surface area contributed by atoms with Crippen LogP contribution in [-0.4, -0.2) is 35.6 Å². The molecule has 0 atom stereocenters. The molecule has 0 fully saturated rings. The minimum Gasteiger partial charge on any atom is -0.341 e. The number of carbonyl (C=O) groups is 1. The molecule has 0 aliphatic carbocycles. The summed E-state index contributed by atoms with van der Waals surface area (Å²) in [5, 5.41) is 0. The number of aromatic nitrogens is 1. The zero-order valence-corrected chi connectivity index (χ0v) is 12.6. The Balaban J connectivity index is 1.94. The predicted octanol–water partition coefficient (Wildman–Crippen LogP) is 3.12. The van der Waals surface area contributed by atoms with Crippen LogP contribution in [0.5, 0.6) is 0 Å². The van der Waals surface area contributed by atoms with E-state index in [9.17, 15) is 4.79 Å². The minimum absolute atomic E-state index is 0.0618. The Bertz CT molecular complexity index is 554. The molecule has 1 amide bonds. The van der Waals surface area contributed by atoms with Crippen LogP contribution < -0.4 is 0 Å². The Kier molecular flexibility index (Phi) is 5.18. The molecule has 1 aromatic heterocycles. The third-order valence-electron chi connectivity index (χ3n) is 3.17. The number of benzene rings is 1. The fourth-order valence-corrected chi connectivity index (χ4v) is 2.31. The second-order valence-corrected chi connectivity index (χ2v) is 5.44. The number of hydrogen-bond donors (Lipinski definition) is 0. The maximum atomic E-state index is 12.3. The van der Waals surface area contributed by atoms with Crippen LogP contribution in [0.15, 0.2) is 53.7 Å². The number of hydrogen-bond acceptors (Lipinski definition) is 3. The summed E-state index contributed by atoms with van der Waals surface area (Å²) in [5.74, 6) is 0.0618. The molecule has 0 N–H and O–H groups in total. The first-order chi connectivity index (χ1) is 9.70. The largest absolute Gasteiger partial charge is 0.341 e. The van der Waals surface area contributed by atoms with Gasteiger partial charge in [-0.05, 0) is 54.6 Å². The third-order valence-corrected chi connectivity index (χ3v) is 3.91. The van der Waals surface area contributed by atoms with Crippen molar-refractivity contribution < 1.29 is 4.79 Å². The van der Waals surface area contributed by atoms with Crippen LogP contribution in [0.4, 0.5) is 0 Å². The molecule has 1 heterocycles. The fraction of sp³-hybridized carbons (Fsp3) is 0.250. The topological polar surface area (TPSA) is 33.2 Å². The van der Waals surface area contributed by atoms with E-state index in [1.54, 1.807) is 29.1 Å². The summed E-state index contributed by atoms with van der Waals surface area (Å²) in [4.78, 5) is 19.2. The zero-order valence-electron chi connectivity index (χ0n) is 11.7. The highest BCUT2D eigenvalue weighted by Crippen LogP contribution is 2.15. The summed E-state index contributed by atoms with van der Waals surface area (Å²) in [6.45, 7) is 0.702. The molecule has 0 saturated heterocycles. The molecule has 1 aromatic carbocycles. The molecular formula is C16H18N2OS. The summed E-state index contributed by atoms with van der Waals surface area (Å²) < 4.78 is 0. The van der Waals surface area contributed by atoms with Gasteiger partial charge in [-0.2, -0.15) is 0 Å². The number of pyridine rings is 1. The molecule has 0 unspecified atom stereocenters. The van der Waals surface area contributed by atoms with Crippen LogP contribution in [0.25, 0.3) is 0 Å². The van der Waals surface area contributed by atoms with E-state index in [4.69, 9.17) is 0 Å². The predicted molar refractivity (Wildman–Crippen MR) is 83.1 cm³/mol. The Morgan fingerprint density at radius 2 is 1.80 bits per heavy atom. The molecule has 2 aromatic rings. The lowest BCUT2D eigenvalue weighted by molar-refractivity contribution is 0.0796. The van der Waals surface area contributed by atoms with Crippen LogP contribution in [0.1, 0.15) is 15.9 Å². The van der Waals surface area contributed by atoms with Crippen LogP contribution in [0, 0.1) is 0 Å². The molecule has 0 aliphatic heterocycles. The molecule has 3 nitrogen and oxygen atoms in total. The second-order valence-electron chi connectivity index (χ2n) is 4.56. The molecule has 0 bridgehead atoms. The highest BCUT2D eigenvalue weighted by atomic mass is 32.2. The Morgan fingerprint density at radius 3 is 2.40 bits per heavy atom. The van der Waals surface area contributed by atoms with E-state index in [1.807, 2.05) is 49.7 Å². The molecular weight excluding hydrogens is 268 g/mol. The van der Waals surface area contributed by atoms with Gasteiger partial charge in [0.2, 0.25) is 0 Å². The van der Waals surface area contributed by atoms with Gasteiger partial charge in [0.15, 0.2) is 0 Å². The number of thioether (sulfide) groups is 1. The molecule has 0 radical (unpaired) electrons. The third kappa shape index (κ3) is 3.84. The van der Waals surface area contributed by atoms with Gasteiger partial charge in [0, 0.05) is 36.4 Å². The summed E-state index contributed by atoms with van der Waals surface area (Å²) in [6, 6.07) is 11.7. The van der Waals surface area contributed by atoms with Gasteiger partial charge in [0.1, 0.15) is 0 Å². The molecule has 0 aliphatic rings. The van der Waals surface area contributed by atoms with Crippen LogP contribution in [0.3, 0.4) is 0 Å². The number of amides is 1. The molecule has 0 saturated carbocycles. The van der Waals surface area contributed by atoms with Crippen molar-refractivity contribution in [3.05, 3.63) is 59.9 Å². The van der Waals surface area contributed by atoms with Crippen molar-refractivity contribution in [2.75, 3.05) is 19.8 Å². The quantitative estimate of drug-likeness (QED) is 0.792. The lowest BCUT2D eigenvalue weighted by Gasteiger charge is -2.17. The van der Waals surface area contributed by atoms with E-state index in [0.29, 0.717) is 6.54 Å². The van der Waals surface area contributed by atoms with Crippen molar-refractivity contribution in [1.29, 1.82) is 0 Å². The fourth-order valence-electron chi connectivity index (χ4n) is 1.90. The highest BCUT2D eigenvalue weighted by molar-refractivity contribution is 7.98. The van der Waals surface area contributed by atoms with Crippen LogP contribution in [0.2, 0.25) is 0 Å². The lowest BCUT2D eigenvalue weighted by Crippen LogP contribution is -2.28. The highest BCUT2D eigenvalue weighted by Gasteiger charge is 2.11. The van der Waals surface area contributed by atoms with Crippen molar-refractivity contribution >= 4 is 17.7 Å². The van der Waals surface area contributed by atoms with Gasteiger partial charge in [0.25, 0.3) is 5.91 Å². The number of likely N-dealkylation sites (N-methyl/N-ethyl adjacent to an activating group) is 1. The monoisotopic (exact) mass is 286 g/mol. The van der Waals surface area contributed by atoms with E-state index in [0.717, 1.165) is 12.0 Å². The Morgan fingerprint density at radius 1 is 1.15 bits per heavy atom. The summed E-state index contributed by atoms with van der Waals surface area (Å²) >= 11 is 1.67. The Labute approximate surface area is 124 Å². The zero-order chi connectivity index (χ0) is 14.4. The van der Waals surface area contributed by atoms with Crippen LogP contribution in [-0.2, 0) is 6.42 Å². The van der Waals surface area contributed by atoms with Gasteiger partial charge in [-0.15, -0.1) is 11.8 Å². The van der Waals surface area contributed by atoms with E-state index < -0.39 is 0 Å². The van der Waals surface area contributed by atoms with Crippen molar-refractivity contribution in [1.82, 2.24) is 9.88 Å².